The highest BCUT2D eigenvalue weighted by Crippen LogP contribution is 2.22. The first-order valence-corrected chi connectivity index (χ1v) is 5.99. The number of pyridine rings is 1. The van der Waals surface area contributed by atoms with Gasteiger partial charge in [0.2, 0.25) is 0 Å². The molecule has 1 N–H and O–H groups in total. The van der Waals surface area contributed by atoms with Gasteiger partial charge in [0.25, 0.3) is 0 Å². The van der Waals surface area contributed by atoms with Gasteiger partial charge >= 0.3 is 0 Å². The molecule has 0 radical (unpaired) electrons. The molecule has 0 spiro atoms. The highest BCUT2D eigenvalue weighted by Gasteiger charge is 2.11. The van der Waals surface area contributed by atoms with Crippen LogP contribution in [0.15, 0.2) is 47.1 Å². The molecule has 1 atom stereocenters. The Balaban J connectivity index is 2.14. The molecular weight excluding hydrogens is 285 g/mol. The predicted molar refractivity (Wildman–Crippen MR) is 67.0 cm³/mol. The van der Waals surface area contributed by atoms with Crippen LogP contribution in [0, 0.1) is 5.82 Å². The zero-order valence-corrected chi connectivity index (χ0v) is 10.6. The van der Waals surface area contributed by atoms with Crippen molar-refractivity contribution in [2.75, 3.05) is 0 Å². The molecule has 2 aromatic rings. The number of aliphatic hydroxyl groups is 1. The third kappa shape index (κ3) is 3.11. The standard InChI is InChI=1S/C13H11BrFNO/c14-11-5-4-9(7-12(11)15)13(17)8-10-3-1-2-6-16-10/h1-7,13,17H,8H2. The lowest BCUT2D eigenvalue weighted by atomic mass is 10.0. The predicted octanol–water partition coefficient (Wildman–Crippen LogP) is 3.26. The van der Waals surface area contributed by atoms with Gasteiger partial charge in [-0.05, 0) is 45.8 Å². The van der Waals surface area contributed by atoms with Gasteiger partial charge in [0.15, 0.2) is 0 Å². The van der Waals surface area contributed by atoms with Gasteiger partial charge in [-0.1, -0.05) is 12.1 Å². The molecular formula is C13H11BrFNO. The molecule has 1 unspecified atom stereocenters. The maximum Gasteiger partial charge on any atom is 0.137 e. The van der Waals surface area contributed by atoms with E-state index in [4.69, 9.17) is 0 Å². The summed E-state index contributed by atoms with van der Waals surface area (Å²) in [6, 6.07) is 10.1. The number of aromatic nitrogens is 1. The SMILES string of the molecule is OC(Cc1ccccn1)c1ccc(Br)c(F)c1. The second kappa shape index (κ2) is 5.38. The van der Waals surface area contributed by atoms with Crippen molar-refractivity contribution in [2.45, 2.75) is 12.5 Å². The first-order valence-electron chi connectivity index (χ1n) is 5.20. The molecule has 0 aliphatic rings. The van der Waals surface area contributed by atoms with Crippen LogP contribution >= 0.6 is 15.9 Å². The summed E-state index contributed by atoms with van der Waals surface area (Å²) in [6.45, 7) is 0. The monoisotopic (exact) mass is 295 g/mol. The molecule has 4 heteroatoms. The number of halogens is 2. The van der Waals surface area contributed by atoms with Crippen molar-refractivity contribution in [3.05, 3.63) is 64.1 Å². The Morgan fingerprint density at radius 3 is 2.76 bits per heavy atom. The van der Waals surface area contributed by atoms with Crippen molar-refractivity contribution in [1.29, 1.82) is 0 Å². The van der Waals surface area contributed by atoms with Crippen molar-refractivity contribution in [1.82, 2.24) is 4.98 Å². The Hall–Kier alpha value is -1.26. The first-order chi connectivity index (χ1) is 8.16. The fraction of sp³-hybridized carbons (Fsp3) is 0.154. The number of aliphatic hydroxyl groups excluding tert-OH is 1. The third-order valence-electron chi connectivity index (χ3n) is 2.46. The van der Waals surface area contributed by atoms with Crippen LogP contribution in [0.3, 0.4) is 0 Å². The summed E-state index contributed by atoms with van der Waals surface area (Å²) < 4.78 is 13.7. The number of rotatable bonds is 3. The molecule has 0 aliphatic heterocycles. The van der Waals surface area contributed by atoms with E-state index >= 15 is 0 Å². The lowest BCUT2D eigenvalue weighted by Gasteiger charge is -2.10. The Bertz CT molecular complexity index is 504. The maximum atomic E-state index is 13.3. The quantitative estimate of drug-likeness (QED) is 0.943. The largest absolute Gasteiger partial charge is 0.388 e. The minimum absolute atomic E-state index is 0.373. The van der Waals surface area contributed by atoms with Gasteiger partial charge in [0, 0.05) is 18.3 Å². The molecule has 2 rings (SSSR count). The van der Waals surface area contributed by atoms with E-state index in [-0.39, 0.29) is 5.82 Å². The van der Waals surface area contributed by atoms with Gasteiger partial charge in [0.1, 0.15) is 5.82 Å². The zero-order valence-electron chi connectivity index (χ0n) is 8.98. The van der Waals surface area contributed by atoms with E-state index in [0.29, 0.717) is 16.5 Å². The molecule has 0 saturated heterocycles. The normalized spacial score (nSPS) is 12.4. The molecule has 1 aromatic carbocycles. The zero-order chi connectivity index (χ0) is 12.3. The smallest absolute Gasteiger partial charge is 0.137 e. The Morgan fingerprint density at radius 2 is 2.12 bits per heavy atom. The Morgan fingerprint density at radius 1 is 1.29 bits per heavy atom. The number of hydrogen-bond acceptors (Lipinski definition) is 2. The van der Waals surface area contributed by atoms with E-state index in [1.165, 1.54) is 6.07 Å². The molecule has 17 heavy (non-hydrogen) atoms. The van der Waals surface area contributed by atoms with Crippen LogP contribution in [0.25, 0.3) is 0 Å². The highest BCUT2D eigenvalue weighted by molar-refractivity contribution is 9.10. The molecule has 0 fully saturated rings. The first kappa shape index (κ1) is 12.2. The van der Waals surface area contributed by atoms with Crippen molar-refractivity contribution >= 4 is 15.9 Å². The Kier molecular flexibility index (Phi) is 3.86. The van der Waals surface area contributed by atoms with E-state index in [9.17, 15) is 9.50 Å². The van der Waals surface area contributed by atoms with Crippen LogP contribution in [0.2, 0.25) is 0 Å². The van der Waals surface area contributed by atoms with E-state index < -0.39 is 6.10 Å². The van der Waals surface area contributed by atoms with Crippen molar-refractivity contribution in [3.63, 3.8) is 0 Å². The van der Waals surface area contributed by atoms with E-state index in [0.717, 1.165) is 5.69 Å². The van der Waals surface area contributed by atoms with Gasteiger partial charge in [-0.3, -0.25) is 4.98 Å². The van der Waals surface area contributed by atoms with Crippen LogP contribution in [0.5, 0.6) is 0 Å². The average Bonchev–Trinajstić information content (AvgIpc) is 2.34. The number of nitrogens with zero attached hydrogens (tertiary/aromatic N) is 1. The molecule has 1 heterocycles. The van der Waals surface area contributed by atoms with Crippen LogP contribution in [-0.4, -0.2) is 10.1 Å². The minimum Gasteiger partial charge on any atom is -0.388 e. The topological polar surface area (TPSA) is 33.1 Å². The van der Waals surface area contributed by atoms with Crippen molar-refractivity contribution < 1.29 is 9.50 Å². The van der Waals surface area contributed by atoms with Crippen LogP contribution < -0.4 is 0 Å². The number of hydrogen-bond donors (Lipinski definition) is 1. The summed E-state index contributed by atoms with van der Waals surface area (Å²) in [5.74, 6) is -0.373. The summed E-state index contributed by atoms with van der Waals surface area (Å²) in [6.07, 6.45) is 1.30. The fourth-order valence-corrected chi connectivity index (χ4v) is 1.80. The van der Waals surface area contributed by atoms with Crippen LogP contribution in [0.1, 0.15) is 17.4 Å². The third-order valence-corrected chi connectivity index (χ3v) is 3.10. The van der Waals surface area contributed by atoms with Gasteiger partial charge < -0.3 is 5.11 Å². The maximum absolute atomic E-state index is 13.3. The summed E-state index contributed by atoms with van der Waals surface area (Å²) in [4.78, 5) is 4.12. The van der Waals surface area contributed by atoms with E-state index in [1.807, 2.05) is 18.2 Å². The summed E-state index contributed by atoms with van der Waals surface area (Å²) >= 11 is 3.08. The molecule has 88 valence electrons. The average molecular weight is 296 g/mol. The van der Waals surface area contributed by atoms with Gasteiger partial charge in [-0.15, -0.1) is 0 Å². The molecule has 0 amide bonds. The fourth-order valence-electron chi connectivity index (χ4n) is 1.55. The summed E-state index contributed by atoms with van der Waals surface area (Å²) in [7, 11) is 0. The van der Waals surface area contributed by atoms with Crippen molar-refractivity contribution in [3.8, 4) is 0 Å². The molecule has 2 nitrogen and oxygen atoms in total. The number of benzene rings is 1. The highest BCUT2D eigenvalue weighted by atomic mass is 79.9. The van der Waals surface area contributed by atoms with Crippen LogP contribution in [-0.2, 0) is 6.42 Å². The lowest BCUT2D eigenvalue weighted by molar-refractivity contribution is 0.176. The molecule has 1 aromatic heterocycles. The van der Waals surface area contributed by atoms with E-state index in [2.05, 4.69) is 20.9 Å². The Labute approximate surface area is 107 Å². The second-order valence-corrected chi connectivity index (χ2v) is 4.57. The van der Waals surface area contributed by atoms with Crippen LogP contribution in [0.4, 0.5) is 4.39 Å². The van der Waals surface area contributed by atoms with Gasteiger partial charge in [0.05, 0.1) is 10.6 Å². The molecule has 0 aliphatic carbocycles. The van der Waals surface area contributed by atoms with E-state index in [1.54, 1.807) is 18.3 Å². The molecule has 0 saturated carbocycles. The summed E-state index contributed by atoms with van der Waals surface area (Å²) in [5, 5.41) is 9.97. The lowest BCUT2D eigenvalue weighted by Crippen LogP contribution is -2.03. The molecule has 0 bridgehead atoms. The van der Waals surface area contributed by atoms with Gasteiger partial charge in [-0.25, -0.2) is 4.39 Å². The minimum atomic E-state index is -0.743. The van der Waals surface area contributed by atoms with Gasteiger partial charge in [-0.2, -0.15) is 0 Å². The summed E-state index contributed by atoms with van der Waals surface area (Å²) in [5.41, 5.74) is 1.33. The second-order valence-electron chi connectivity index (χ2n) is 3.71. The van der Waals surface area contributed by atoms with Crippen molar-refractivity contribution in [2.24, 2.45) is 0 Å².